The number of hydrogen-bond acceptors (Lipinski definition) is 5. The minimum atomic E-state index is -3.52. The van der Waals surface area contributed by atoms with Gasteiger partial charge in [0, 0.05) is 24.8 Å². The maximum absolute atomic E-state index is 12.3. The lowest BCUT2D eigenvalue weighted by atomic mass is 10.2. The predicted molar refractivity (Wildman–Crippen MR) is 108 cm³/mol. The molecule has 0 radical (unpaired) electrons. The summed E-state index contributed by atoms with van der Waals surface area (Å²) in [5.74, 6) is -0.673. The molecule has 0 aromatic heterocycles. The van der Waals surface area contributed by atoms with Gasteiger partial charge in [-0.25, -0.2) is 13.2 Å². The molecule has 0 aliphatic heterocycles. The van der Waals surface area contributed by atoms with Crippen molar-refractivity contribution in [1.29, 1.82) is 0 Å². The number of carbonyl (C=O) groups is 2. The van der Waals surface area contributed by atoms with Crippen molar-refractivity contribution in [3.8, 4) is 0 Å². The molecule has 0 saturated carbocycles. The first kappa shape index (κ1) is 21.4. The summed E-state index contributed by atoms with van der Waals surface area (Å²) in [5.41, 5.74) is 2.09. The monoisotopic (exact) mass is 404 g/mol. The molecule has 0 aliphatic rings. The molecule has 150 valence electrons. The summed E-state index contributed by atoms with van der Waals surface area (Å²) in [7, 11) is -1.93. The number of rotatable bonds is 7. The van der Waals surface area contributed by atoms with Crippen molar-refractivity contribution in [2.75, 3.05) is 29.6 Å². The molecule has 0 heterocycles. The molecule has 0 fully saturated rings. The van der Waals surface area contributed by atoms with Crippen molar-refractivity contribution in [3.05, 3.63) is 54.1 Å². The maximum atomic E-state index is 12.3. The maximum Gasteiger partial charge on any atom is 0.413 e. The normalized spacial score (nSPS) is 11.0. The molecule has 0 saturated heterocycles. The predicted octanol–water partition coefficient (Wildman–Crippen LogP) is 3.39. The number of anilines is 2. The van der Waals surface area contributed by atoms with Crippen LogP contribution in [-0.4, -0.2) is 39.8 Å². The van der Waals surface area contributed by atoms with Gasteiger partial charge in [0.05, 0.1) is 17.3 Å². The van der Waals surface area contributed by atoms with Gasteiger partial charge >= 0.3 is 6.09 Å². The number of benzene rings is 2. The van der Waals surface area contributed by atoms with E-state index >= 15 is 0 Å². The van der Waals surface area contributed by atoms with E-state index in [0.717, 1.165) is 5.56 Å². The summed E-state index contributed by atoms with van der Waals surface area (Å²) in [6.45, 7) is 3.88. The second-order valence-electron chi connectivity index (χ2n) is 6.23. The molecule has 2 aromatic carbocycles. The van der Waals surface area contributed by atoms with Crippen molar-refractivity contribution in [2.24, 2.45) is 0 Å². The van der Waals surface area contributed by atoms with E-state index in [9.17, 15) is 18.0 Å². The van der Waals surface area contributed by atoms with Gasteiger partial charge in [0.15, 0.2) is 9.84 Å². The van der Waals surface area contributed by atoms with E-state index in [1.165, 1.54) is 4.90 Å². The van der Waals surface area contributed by atoms with Crippen LogP contribution >= 0.6 is 0 Å². The number of hydrogen-bond donors (Lipinski definition) is 1. The molecule has 2 rings (SSSR count). The molecule has 0 bridgehead atoms. The molecule has 28 heavy (non-hydrogen) atoms. The molecule has 0 spiro atoms. The molecule has 1 N–H and O–H groups in total. The Kier molecular flexibility index (Phi) is 7.17. The lowest BCUT2D eigenvalue weighted by molar-refractivity contribution is -0.115. The van der Waals surface area contributed by atoms with E-state index in [-0.39, 0.29) is 23.7 Å². The van der Waals surface area contributed by atoms with Gasteiger partial charge in [0.2, 0.25) is 5.91 Å². The molecule has 2 aromatic rings. The van der Waals surface area contributed by atoms with E-state index in [1.807, 2.05) is 6.92 Å². The summed E-state index contributed by atoms with van der Waals surface area (Å²) < 4.78 is 29.5. The highest BCUT2D eigenvalue weighted by Gasteiger charge is 2.17. The SMILES string of the molecule is CCOC(=O)N(C)c1ccc(NC(=O)CCS(=O)(=O)c2ccc(C)cc2)cc1. The Morgan fingerprint density at radius 1 is 1.04 bits per heavy atom. The molecular weight excluding hydrogens is 380 g/mol. The fourth-order valence-corrected chi connectivity index (χ4v) is 3.65. The molecule has 0 atom stereocenters. The van der Waals surface area contributed by atoms with Gasteiger partial charge < -0.3 is 10.1 Å². The highest BCUT2D eigenvalue weighted by atomic mass is 32.2. The van der Waals surface area contributed by atoms with Gasteiger partial charge in [-0.2, -0.15) is 0 Å². The smallest absolute Gasteiger partial charge is 0.413 e. The molecular formula is C20H24N2O5S. The zero-order chi connectivity index (χ0) is 20.7. The zero-order valence-corrected chi connectivity index (χ0v) is 17.0. The van der Waals surface area contributed by atoms with E-state index < -0.39 is 21.8 Å². The number of aryl methyl sites for hydroxylation is 1. The second-order valence-corrected chi connectivity index (χ2v) is 8.34. The van der Waals surface area contributed by atoms with Gasteiger partial charge in [-0.15, -0.1) is 0 Å². The molecule has 0 unspecified atom stereocenters. The van der Waals surface area contributed by atoms with E-state index in [4.69, 9.17) is 4.74 Å². The van der Waals surface area contributed by atoms with Gasteiger partial charge in [0.25, 0.3) is 0 Å². The first-order valence-corrected chi connectivity index (χ1v) is 10.5. The third-order valence-electron chi connectivity index (χ3n) is 4.06. The number of ether oxygens (including phenoxy) is 1. The quantitative estimate of drug-likeness (QED) is 0.764. The Labute approximate surface area is 165 Å². The Balaban J connectivity index is 1.92. The summed E-state index contributed by atoms with van der Waals surface area (Å²) in [6, 6.07) is 13.1. The van der Waals surface area contributed by atoms with Gasteiger partial charge in [-0.05, 0) is 50.2 Å². The average Bonchev–Trinajstić information content (AvgIpc) is 2.67. The first-order valence-electron chi connectivity index (χ1n) is 8.83. The van der Waals surface area contributed by atoms with Crippen LogP contribution in [0, 0.1) is 6.92 Å². The van der Waals surface area contributed by atoms with Crippen molar-refractivity contribution in [2.45, 2.75) is 25.2 Å². The largest absolute Gasteiger partial charge is 0.449 e. The van der Waals surface area contributed by atoms with Crippen LogP contribution in [0.1, 0.15) is 18.9 Å². The number of nitrogens with zero attached hydrogens (tertiary/aromatic N) is 1. The Morgan fingerprint density at radius 3 is 2.21 bits per heavy atom. The number of carbonyl (C=O) groups excluding carboxylic acids is 2. The fraction of sp³-hybridized carbons (Fsp3) is 0.300. The second kappa shape index (κ2) is 9.36. The molecule has 7 nitrogen and oxygen atoms in total. The van der Waals surface area contributed by atoms with Crippen LogP contribution in [0.25, 0.3) is 0 Å². The minimum absolute atomic E-state index is 0.152. The third kappa shape index (κ3) is 5.82. The van der Waals surface area contributed by atoms with Crippen molar-refractivity contribution < 1.29 is 22.7 Å². The zero-order valence-electron chi connectivity index (χ0n) is 16.1. The molecule has 0 aliphatic carbocycles. The Hall–Kier alpha value is -2.87. The topological polar surface area (TPSA) is 92.8 Å². The van der Waals surface area contributed by atoms with Crippen LogP contribution in [0.3, 0.4) is 0 Å². The molecule has 8 heteroatoms. The van der Waals surface area contributed by atoms with Gasteiger partial charge in [-0.1, -0.05) is 17.7 Å². The summed E-state index contributed by atoms with van der Waals surface area (Å²) in [5, 5.41) is 2.66. The average molecular weight is 404 g/mol. The molecule has 2 amide bonds. The van der Waals surface area contributed by atoms with Crippen LogP contribution in [0.2, 0.25) is 0 Å². The van der Waals surface area contributed by atoms with Gasteiger partial charge in [0.1, 0.15) is 0 Å². The van der Waals surface area contributed by atoms with Gasteiger partial charge in [-0.3, -0.25) is 9.69 Å². The van der Waals surface area contributed by atoms with E-state index in [2.05, 4.69) is 5.32 Å². The summed E-state index contributed by atoms with van der Waals surface area (Å²) in [4.78, 5) is 25.4. The number of amides is 2. The summed E-state index contributed by atoms with van der Waals surface area (Å²) in [6.07, 6.45) is -0.624. The summed E-state index contributed by atoms with van der Waals surface area (Å²) >= 11 is 0. The Bertz CT molecular complexity index is 922. The van der Waals surface area contributed by atoms with Crippen LogP contribution in [0.15, 0.2) is 53.4 Å². The van der Waals surface area contributed by atoms with Crippen LogP contribution < -0.4 is 10.2 Å². The highest BCUT2D eigenvalue weighted by Crippen LogP contribution is 2.18. The van der Waals surface area contributed by atoms with Crippen LogP contribution in [0.5, 0.6) is 0 Å². The first-order chi connectivity index (χ1) is 13.2. The third-order valence-corrected chi connectivity index (χ3v) is 5.79. The standard InChI is InChI=1S/C20H24N2O5S/c1-4-27-20(24)22(3)17-9-7-16(8-10-17)21-19(23)13-14-28(25,26)18-11-5-15(2)6-12-18/h5-12H,4,13-14H2,1-3H3,(H,21,23). The fourth-order valence-electron chi connectivity index (χ4n) is 2.41. The lowest BCUT2D eigenvalue weighted by Crippen LogP contribution is -2.26. The van der Waals surface area contributed by atoms with Crippen molar-refractivity contribution in [1.82, 2.24) is 0 Å². The van der Waals surface area contributed by atoms with E-state index in [0.29, 0.717) is 11.4 Å². The minimum Gasteiger partial charge on any atom is -0.449 e. The van der Waals surface area contributed by atoms with Crippen molar-refractivity contribution >= 4 is 33.2 Å². The van der Waals surface area contributed by atoms with Crippen LogP contribution in [0.4, 0.5) is 16.2 Å². The highest BCUT2D eigenvalue weighted by molar-refractivity contribution is 7.91. The van der Waals surface area contributed by atoms with E-state index in [1.54, 1.807) is 62.5 Å². The lowest BCUT2D eigenvalue weighted by Gasteiger charge is -2.17. The van der Waals surface area contributed by atoms with Crippen molar-refractivity contribution in [3.63, 3.8) is 0 Å². The van der Waals surface area contributed by atoms with Crippen LogP contribution in [-0.2, 0) is 19.4 Å². The number of nitrogens with one attached hydrogen (secondary N) is 1. The number of sulfone groups is 1. The Morgan fingerprint density at radius 2 is 1.64 bits per heavy atom.